The topological polar surface area (TPSA) is 69.4 Å². The van der Waals surface area contributed by atoms with Crippen molar-refractivity contribution in [1.29, 1.82) is 0 Å². The van der Waals surface area contributed by atoms with Crippen LogP contribution in [0.2, 0.25) is 0 Å². The van der Waals surface area contributed by atoms with Gasteiger partial charge in [0, 0.05) is 0 Å². The molecule has 0 unspecified atom stereocenters. The van der Waals surface area contributed by atoms with E-state index in [0.29, 0.717) is 25.0 Å². The number of allylic oxidation sites excluding steroid dienone is 1. The third-order valence-corrected chi connectivity index (χ3v) is 2.29. The molecule has 0 spiro atoms. The second-order valence-electron chi connectivity index (χ2n) is 3.63. The molecule has 0 saturated carbocycles. The Morgan fingerprint density at radius 1 is 1.39 bits per heavy atom. The summed E-state index contributed by atoms with van der Waals surface area (Å²) in [6.45, 7) is 2.11. The van der Waals surface area contributed by atoms with Gasteiger partial charge in [-0.15, -0.1) is 0 Å². The molecule has 5 nitrogen and oxygen atoms in total. The van der Waals surface area contributed by atoms with Crippen LogP contribution in [0.15, 0.2) is 36.5 Å². The smallest absolute Gasteiger partial charge is 0.338 e. The van der Waals surface area contributed by atoms with Crippen LogP contribution in [0.5, 0.6) is 0 Å². The van der Waals surface area contributed by atoms with Crippen molar-refractivity contribution in [2.24, 2.45) is 0 Å². The zero-order chi connectivity index (χ0) is 13.4. The fourth-order valence-electron chi connectivity index (χ4n) is 1.43. The van der Waals surface area contributed by atoms with Crippen LogP contribution in [0.4, 0.5) is 0 Å². The molecule has 5 heteroatoms. The molecular formula is C13H15NO4. The molecule has 0 bridgehead atoms. The molecule has 0 aliphatic heterocycles. The maximum Gasteiger partial charge on any atom is 0.338 e. The first kappa shape index (κ1) is 13.9. The Morgan fingerprint density at radius 3 is 2.61 bits per heavy atom. The van der Waals surface area contributed by atoms with Crippen molar-refractivity contribution < 1.29 is 14.5 Å². The number of nitrogens with zero attached hydrogens (tertiary/aromatic N) is 1. The molecule has 0 heterocycles. The largest absolute Gasteiger partial charge is 0.462 e. The van der Waals surface area contributed by atoms with Gasteiger partial charge in [0.25, 0.3) is 0 Å². The average molecular weight is 249 g/mol. The summed E-state index contributed by atoms with van der Waals surface area (Å²) in [5, 5.41) is 10.1. The van der Waals surface area contributed by atoms with Gasteiger partial charge in [-0.2, -0.15) is 0 Å². The summed E-state index contributed by atoms with van der Waals surface area (Å²) in [7, 11) is 0. The lowest BCUT2D eigenvalue weighted by molar-refractivity contribution is -0.402. The van der Waals surface area contributed by atoms with Gasteiger partial charge in [-0.1, -0.05) is 12.1 Å². The normalized spacial score (nSPS) is 10.5. The van der Waals surface area contributed by atoms with Gasteiger partial charge in [0.05, 0.1) is 17.1 Å². The minimum absolute atomic E-state index is 0.336. The van der Waals surface area contributed by atoms with Gasteiger partial charge < -0.3 is 4.74 Å². The van der Waals surface area contributed by atoms with Gasteiger partial charge >= 0.3 is 5.97 Å². The first-order valence-corrected chi connectivity index (χ1v) is 5.69. The summed E-state index contributed by atoms with van der Waals surface area (Å²) in [6.07, 6.45) is 3.75. The Morgan fingerprint density at radius 2 is 2.06 bits per heavy atom. The van der Waals surface area contributed by atoms with E-state index in [2.05, 4.69) is 0 Å². The summed E-state index contributed by atoms with van der Waals surface area (Å²) >= 11 is 0. The number of carbonyl (C=O) groups is 1. The van der Waals surface area contributed by atoms with E-state index in [-0.39, 0.29) is 5.97 Å². The quantitative estimate of drug-likeness (QED) is 0.441. The van der Waals surface area contributed by atoms with Crippen molar-refractivity contribution >= 4 is 5.97 Å². The number of esters is 1. The monoisotopic (exact) mass is 249 g/mol. The van der Waals surface area contributed by atoms with Gasteiger partial charge in [0.1, 0.15) is 0 Å². The van der Waals surface area contributed by atoms with Crippen LogP contribution in [0, 0.1) is 10.1 Å². The van der Waals surface area contributed by atoms with Crippen LogP contribution >= 0.6 is 0 Å². The second-order valence-corrected chi connectivity index (χ2v) is 3.63. The molecule has 96 valence electrons. The van der Waals surface area contributed by atoms with Crippen molar-refractivity contribution in [3.05, 3.63) is 57.8 Å². The Balaban J connectivity index is 2.50. The third kappa shape index (κ3) is 4.78. The molecule has 0 N–H and O–H groups in total. The van der Waals surface area contributed by atoms with Crippen LogP contribution < -0.4 is 0 Å². The Bertz CT molecular complexity index is 437. The minimum Gasteiger partial charge on any atom is -0.462 e. The lowest BCUT2D eigenvalue weighted by Crippen LogP contribution is -2.04. The molecule has 0 fully saturated rings. The molecule has 0 aromatic heterocycles. The highest BCUT2D eigenvalue weighted by Gasteiger charge is 2.05. The van der Waals surface area contributed by atoms with Gasteiger partial charge in [0.2, 0.25) is 6.20 Å². The molecule has 0 aliphatic carbocycles. The summed E-state index contributed by atoms with van der Waals surface area (Å²) < 4.78 is 4.87. The zero-order valence-corrected chi connectivity index (χ0v) is 10.2. The fourth-order valence-corrected chi connectivity index (χ4v) is 1.43. The fraction of sp³-hybridized carbons (Fsp3) is 0.308. The van der Waals surface area contributed by atoms with E-state index >= 15 is 0 Å². The predicted molar refractivity (Wildman–Crippen MR) is 66.9 cm³/mol. The molecule has 1 rings (SSSR count). The first-order chi connectivity index (χ1) is 8.63. The van der Waals surface area contributed by atoms with Crippen molar-refractivity contribution in [3.63, 3.8) is 0 Å². The number of hydrogen-bond donors (Lipinski definition) is 0. The van der Waals surface area contributed by atoms with Gasteiger partial charge in [-0.05, 0) is 43.5 Å². The molecule has 1 aromatic rings. The van der Waals surface area contributed by atoms with Crippen LogP contribution in [-0.4, -0.2) is 17.5 Å². The standard InChI is InChI=1S/C13H15NO4/c1-2-18-13(15)12-8-6-11(7-9-12)5-3-4-10-14(16)17/h4,6-10H,2-3,5H2,1H3. The Hall–Kier alpha value is -2.17. The summed E-state index contributed by atoms with van der Waals surface area (Å²) in [5.41, 5.74) is 1.54. The van der Waals surface area contributed by atoms with Crippen LogP contribution in [0.3, 0.4) is 0 Å². The van der Waals surface area contributed by atoms with Gasteiger partial charge in [0.15, 0.2) is 0 Å². The van der Waals surface area contributed by atoms with Gasteiger partial charge in [-0.3, -0.25) is 10.1 Å². The highest BCUT2D eigenvalue weighted by molar-refractivity contribution is 5.89. The molecule has 0 saturated heterocycles. The lowest BCUT2D eigenvalue weighted by Gasteiger charge is -2.02. The van der Waals surface area contributed by atoms with E-state index in [9.17, 15) is 14.9 Å². The van der Waals surface area contributed by atoms with Crippen molar-refractivity contribution in [1.82, 2.24) is 0 Å². The van der Waals surface area contributed by atoms with E-state index < -0.39 is 4.92 Å². The molecule has 18 heavy (non-hydrogen) atoms. The summed E-state index contributed by atoms with van der Waals surface area (Å²) in [4.78, 5) is 21.0. The minimum atomic E-state index is -0.482. The number of nitro groups is 1. The SMILES string of the molecule is CCOC(=O)c1ccc(CCC=C[N+](=O)[O-])cc1. The van der Waals surface area contributed by atoms with Gasteiger partial charge in [-0.25, -0.2) is 4.79 Å². The molecule has 0 amide bonds. The van der Waals surface area contributed by atoms with Crippen LogP contribution in [0.25, 0.3) is 0 Å². The van der Waals surface area contributed by atoms with E-state index in [0.717, 1.165) is 11.8 Å². The van der Waals surface area contributed by atoms with Crippen molar-refractivity contribution in [2.75, 3.05) is 6.61 Å². The number of carbonyl (C=O) groups excluding carboxylic acids is 1. The Labute approximate surface area is 105 Å². The number of hydrogen-bond acceptors (Lipinski definition) is 4. The van der Waals surface area contributed by atoms with Crippen molar-refractivity contribution in [3.8, 4) is 0 Å². The Kier molecular flexibility index (Phi) is 5.57. The molecule has 0 radical (unpaired) electrons. The maximum absolute atomic E-state index is 11.4. The number of aryl methyl sites for hydroxylation is 1. The lowest BCUT2D eigenvalue weighted by atomic mass is 10.1. The predicted octanol–water partition coefficient (Wildman–Crippen LogP) is 2.59. The molecule has 0 aliphatic rings. The highest BCUT2D eigenvalue weighted by atomic mass is 16.6. The highest BCUT2D eigenvalue weighted by Crippen LogP contribution is 2.08. The van der Waals surface area contributed by atoms with E-state index in [4.69, 9.17) is 4.74 Å². The molecule has 0 atom stereocenters. The van der Waals surface area contributed by atoms with E-state index in [1.54, 1.807) is 19.1 Å². The van der Waals surface area contributed by atoms with E-state index in [1.165, 1.54) is 6.08 Å². The second kappa shape index (κ2) is 7.21. The van der Waals surface area contributed by atoms with Crippen LogP contribution in [0.1, 0.15) is 29.3 Å². The zero-order valence-electron chi connectivity index (χ0n) is 10.2. The average Bonchev–Trinajstić information content (AvgIpc) is 2.35. The summed E-state index contributed by atoms with van der Waals surface area (Å²) in [5.74, 6) is -0.336. The van der Waals surface area contributed by atoms with Crippen LogP contribution in [-0.2, 0) is 11.2 Å². The third-order valence-electron chi connectivity index (χ3n) is 2.29. The summed E-state index contributed by atoms with van der Waals surface area (Å²) in [6, 6.07) is 7.05. The van der Waals surface area contributed by atoms with E-state index in [1.807, 2.05) is 12.1 Å². The first-order valence-electron chi connectivity index (χ1n) is 5.69. The number of ether oxygens (including phenoxy) is 1. The number of rotatable bonds is 6. The van der Waals surface area contributed by atoms with Crippen molar-refractivity contribution in [2.45, 2.75) is 19.8 Å². The molecule has 1 aromatic carbocycles. The molecular weight excluding hydrogens is 234 g/mol. The number of benzene rings is 1. The maximum atomic E-state index is 11.4.